The van der Waals surface area contributed by atoms with Gasteiger partial charge in [-0.2, -0.15) is 4.98 Å². The van der Waals surface area contributed by atoms with E-state index in [1.165, 1.54) is 5.56 Å². The van der Waals surface area contributed by atoms with Crippen LogP contribution in [0, 0.1) is 0 Å². The summed E-state index contributed by atoms with van der Waals surface area (Å²) in [5.41, 5.74) is 1.18. The van der Waals surface area contributed by atoms with Crippen molar-refractivity contribution < 1.29 is 14.0 Å². The number of likely N-dealkylation sites (tertiary alicyclic amines) is 1. The van der Waals surface area contributed by atoms with Gasteiger partial charge in [-0.15, -0.1) is 0 Å². The molecule has 6 heteroatoms. The zero-order chi connectivity index (χ0) is 17.1. The van der Waals surface area contributed by atoms with E-state index in [2.05, 4.69) is 35.0 Å². The molecule has 0 bridgehead atoms. The zero-order valence-electron chi connectivity index (χ0n) is 14.8. The Labute approximate surface area is 142 Å². The molecule has 0 saturated carbocycles. The third-order valence-electron chi connectivity index (χ3n) is 4.49. The maximum Gasteiger partial charge on any atom is 0.229 e. The van der Waals surface area contributed by atoms with E-state index in [1.54, 1.807) is 14.2 Å². The van der Waals surface area contributed by atoms with Crippen LogP contribution in [0.4, 0.5) is 0 Å². The van der Waals surface area contributed by atoms with Gasteiger partial charge in [0.15, 0.2) is 5.82 Å². The molecular formula is C18H25N3O3. The number of rotatable bonds is 6. The second-order valence-corrected chi connectivity index (χ2v) is 6.44. The zero-order valence-corrected chi connectivity index (χ0v) is 14.8. The monoisotopic (exact) mass is 331 g/mol. The van der Waals surface area contributed by atoms with Gasteiger partial charge in [-0.1, -0.05) is 25.1 Å². The van der Waals surface area contributed by atoms with Crippen LogP contribution in [0.15, 0.2) is 22.7 Å². The number of hydrogen-bond acceptors (Lipinski definition) is 6. The summed E-state index contributed by atoms with van der Waals surface area (Å²) in [6.07, 6.45) is 2.24. The molecular weight excluding hydrogens is 306 g/mol. The van der Waals surface area contributed by atoms with E-state index in [-0.39, 0.29) is 5.92 Å². The average molecular weight is 331 g/mol. The smallest absolute Gasteiger partial charge is 0.229 e. The van der Waals surface area contributed by atoms with Crippen LogP contribution in [-0.4, -0.2) is 35.8 Å². The van der Waals surface area contributed by atoms with Crippen molar-refractivity contribution >= 4 is 0 Å². The number of ether oxygens (including phenoxy) is 2. The predicted octanol–water partition coefficient (Wildman–Crippen LogP) is 3.55. The second-order valence-electron chi connectivity index (χ2n) is 6.44. The summed E-state index contributed by atoms with van der Waals surface area (Å²) in [5, 5.41) is 4.12. The van der Waals surface area contributed by atoms with E-state index in [4.69, 9.17) is 14.0 Å². The molecule has 1 aromatic heterocycles. The number of nitrogens with zero attached hydrogens (tertiary/aromatic N) is 3. The van der Waals surface area contributed by atoms with Gasteiger partial charge in [-0.05, 0) is 25.5 Å². The SMILES string of the molecule is COc1ccc([C@H]2CCCN2Cc2noc(C(C)C)n2)c(OC)c1. The first-order valence-electron chi connectivity index (χ1n) is 8.40. The molecule has 1 fully saturated rings. The summed E-state index contributed by atoms with van der Waals surface area (Å²) in [5.74, 6) is 3.37. The molecule has 6 nitrogen and oxygen atoms in total. The lowest BCUT2D eigenvalue weighted by Gasteiger charge is -2.25. The largest absolute Gasteiger partial charge is 0.497 e. The minimum atomic E-state index is 0.252. The third kappa shape index (κ3) is 3.38. The summed E-state index contributed by atoms with van der Waals surface area (Å²) in [6, 6.07) is 6.32. The van der Waals surface area contributed by atoms with Crippen LogP contribution in [0.1, 0.15) is 55.9 Å². The standard InChI is InChI=1S/C18H25N3O3/c1-12(2)18-19-17(20-24-18)11-21-9-5-6-15(21)14-8-7-13(22-3)10-16(14)23-4/h7-8,10,12,15H,5-6,9,11H2,1-4H3/t15-/m1/s1. The van der Waals surface area contributed by atoms with Gasteiger partial charge in [0.05, 0.1) is 20.8 Å². The van der Waals surface area contributed by atoms with Gasteiger partial charge in [0.2, 0.25) is 5.89 Å². The van der Waals surface area contributed by atoms with E-state index in [0.29, 0.717) is 18.5 Å². The highest BCUT2D eigenvalue weighted by atomic mass is 16.5. The van der Waals surface area contributed by atoms with Gasteiger partial charge in [0.25, 0.3) is 0 Å². The lowest BCUT2D eigenvalue weighted by Crippen LogP contribution is -2.23. The van der Waals surface area contributed by atoms with E-state index in [0.717, 1.165) is 36.7 Å². The van der Waals surface area contributed by atoms with Gasteiger partial charge in [0, 0.05) is 23.6 Å². The minimum absolute atomic E-state index is 0.252. The Balaban J connectivity index is 1.80. The summed E-state index contributed by atoms with van der Waals surface area (Å²) in [7, 11) is 3.37. The third-order valence-corrected chi connectivity index (χ3v) is 4.49. The van der Waals surface area contributed by atoms with Crippen LogP contribution in [0.3, 0.4) is 0 Å². The fourth-order valence-corrected chi connectivity index (χ4v) is 3.21. The topological polar surface area (TPSA) is 60.6 Å². The van der Waals surface area contributed by atoms with E-state index in [1.807, 2.05) is 12.1 Å². The maximum absolute atomic E-state index is 5.58. The fraction of sp³-hybridized carbons (Fsp3) is 0.556. The van der Waals surface area contributed by atoms with Crippen molar-refractivity contribution in [2.45, 2.75) is 45.2 Å². The highest BCUT2D eigenvalue weighted by Gasteiger charge is 2.29. The lowest BCUT2D eigenvalue weighted by molar-refractivity contribution is 0.233. The molecule has 0 N–H and O–H groups in total. The second kappa shape index (κ2) is 7.21. The molecule has 24 heavy (non-hydrogen) atoms. The first-order valence-corrected chi connectivity index (χ1v) is 8.40. The highest BCUT2D eigenvalue weighted by Crippen LogP contribution is 2.39. The van der Waals surface area contributed by atoms with Crippen LogP contribution >= 0.6 is 0 Å². The predicted molar refractivity (Wildman–Crippen MR) is 90.3 cm³/mol. The Hall–Kier alpha value is -2.08. The van der Waals surface area contributed by atoms with Crippen molar-refractivity contribution in [2.75, 3.05) is 20.8 Å². The molecule has 2 aromatic rings. The molecule has 1 aromatic carbocycles. The van der Waals surface area contributed by atoms with Crippen LogP contribution in [0.5, 0.6) is 11.5 Å². The van der Waals surface area contributed by atoms with Crippen molar-refractivity contribution in [3.05, 3.63) is 35.5 Å². The Bertz CT molecular complexity index is 684. The quantitative estimate of drug-likeness (QED) is 0.807. The summed E-state index contributed by atoms with van der Waals surface area (Å²) >= 11 is 0. The molecule has 3 rings (SSSR count). The van der Waals surface area contributed by atoms with Crippen LogP contribution in [0.25, 0.3) is 0 Å². The van der Waals surface area contributed by atoms with Crippen molar-refractivity contribution in [3.8, 4) is 11.5 Å². The molecule has 1 atom stereocenters. The van der Waals surface area contributed by atoms with Crippen molar-refractivity contribution in [1.29, 1.82) is 0 Å². The Kier molecular flexibility index (Phi) is 5.04. The molecule has 0 unspecified atom stereocenters. The summed E-state index contributed by atoms with van der Waals surface area (Å²) in [4.78, 5) is 6.89. The van der Waals surface area contributed by atoms with Crippen molar-refractivity contribution in [1.82, 2.24) is 15.0 Å². The molecule has 130 valence electrons. The van der Waals surface area contributed by atoms with Crippen molar-refractivity contribution in [2.24, 2.45) is 0 Å². The van der Waals surface area contributed by atoms with Gasteiger partial charge < -0.3 is 14.0 Å². The first kappa shape index (κ1) is 16.8. The van der Waals surface area contributed by atoms with E-state index in [9.17, 15) is 0 Å². The molecule has 1 aliphatic heterocycles. The van der Waals surface area contributed by atoms with Gasteiger partial charge in [-0.25, -0.2) is 0 Å². The Morgan fingerprint density at radius 2 is 2.12 bits per heavy atom. The highest BCUT2D eigenvalue weighted by molar-refractivity contribution is 5.42. The van der Waals surface area contributed by atoms with Gasteiger partial charge in [-0.3, -0.25) is 4.90 Å². The Morgan fingerprint density at radius 3 is 2.79 bits per heavy atom. The summed E-state index contributed by atoms with van der Waals surface area (Å²) < 4.78 is 16.2. The van der Waals surface area contributed by atoms with Gasteiger partial charge in [0.1, 0.15) is 11.5 Å². The molecule has 0 radical (unpaired) electrons. The normalized spacial score (nSPS) is 18.3. The van der Waals surface area contributed by atoms with Crippen molar-refractivity contribution in [3.63, 3.8) is 0 Å². The average Bonchev–Trinajstić information content (AvgIpc) is 3.24. The van der Waals surface area contributed by atoms with Crippen LogP contribution in [-0.2, 0) is 6.54 Å². The summed E-state index contributed by atoms with van der Waals surface area (Å²) in [6.45, 7) is 5.82. The Morgan fingerprint density at radius 1 is 1.29 bits per heavy atom. The molecule has 1 saturated heterocycles. The fourth-order valence-electron chi connectivity index (χ4n) is 3.21. The number of aromatic nitrogens is 2. The number of benzene rings is 1. The van der Waals surface area contributed by atoms with Gasteiger partial charge >= 0.3 is 0 Å². The number of hydrogen-bond donors (Lipinski definition) is 0. The van der Waals surface area contributed by atoms with Crippen LogP contribution < -0.4 is 9.47 Å². The molecule has 2 heterocycles. The molecule has 0 spiro atoms. The number of methoxy groups -OCH3 is 2. The lowest BCUT2D eigenvalue weighted by atomic mass is 10.0. The molecule has 1 aliphatic rings. The molecule has 0 aliphatic carbocycles. The maximum atomic E-state index is 5.58. The van der Waals surface area contributed by atoms with Crippen LogP contribution in [0.2, 0.25) is 0 Å². The minimum Gasteiger partial charge on any atom is -0.497 e. The van der Waals surface area contributed by atoms with E-state index >= 15 is 0 Å². The van der Waals surface area contributed by atoms with E-state index < -0.39 is 0 Å². The molecule has 0 amide bonds. The first-order chi connectivity index (χ1) is 11.6.